The summed E-state index contributed by atoms with van der Waals surface area (Å²) in [5, 5.41) is 22.9. The lowest BCUT2D eigenvalue weighted by Gasteiger charge is -2.13. The second-order valence-electron chi connectivity index (χ2n) is 7.18. The van der Waals surface area contributed by atoms with Gasteiger partial charge in [0.1, 0.15) is 23.0 Å². The minimum Gasteiger partial charge on any atom is -0.444 e. The molecule has 0 fully saturated rings. The summed E-state index contributed by atoms with van der Waals surface area (Å²) in [5.74, 6) is -0.823. The SMILES string of the molecule is Cc1oc(NC(=O)CCCCCN2C(=O)c3cccc([N+](=O)[O-])c3C2=O)c(C#N)c1C. The van der Waals surface area contributed by atoms with Crippen LogP contribution in [-0.2, 0) is 4.79 Å². The molecule has 0 saturated heterocycles. The Balaban J connectivity index is 1.49. The first-order valence-electron chi connectivity index (χ1n) is 9.69. The highest BCUT2D eigenvalue weighted by molar-refractivity contribution is 6.23. The van der Waals surface area contributed by atoms with Gasteiger partial charge in [-0.05, 0) is 32.8 Å². The van der Waals surface area contributed by atoms with Crippen molar-refractivity contribution < 1.29 is 23.7 Å². The van der Waals surface area contributed by atoms with Crippen LogP contribution >= 0.6 is 0 Å². The zero-order valence-corrected chi connectivity index (χ0v) is 17.1. The fourth-order valence-corrected chi connectivity index (χ4v) is 3.44. The summed E-state index contributed by atoms with van der Waals surface area (Å²) in [5.41, 5.74) is 0.463. The van der Waals surface area contributed by atoms with Crippen LogP contribution in [0.25, 0.3) is 0 Å². The summed E-state index contributed by atoms with van der Waals surface area (Å²) in [7, 11) is 0. The molecule has 2 heterocycles. The van der Waals surface area contributed by atoms with Crippen LogP contribution in [0.2, 0.25) is 0 Å². The quantitative estimate of drug-likeness (QED) is 0.295. The molecule has 1 aliphatic rings. The first-order valence-corrected chi connectivity index (χ1v) is 9.69. The third-order valence-corrected chi connectivity index (χ3v) is 5.21. The number of nitrogens with zero attached hydrogens (tertiary/aromatic N) is 3. The number of fused-ring (bicyclic) bond motifs is 1. The van der Waals surface area contributed by atoms with Gasteiger partial charge in [0.2, 0.25) is 11.8 Å². The minimum atomic E-state index is -0.675. The van der Waals surface area contributed by atoms with Gasteiger partial charge in [0.05, 0.1) is 10.5 Å². The Bertz CT molecular complexity index is 1130. The predicted molar refractivity (Wildman–Crippen MR) is 108 cm³/mol. The van der Waals surface area contributed by atoms with Crippen LogP contribution in [0, 0.1) is 35.3 Å². The molecule has 10 nitrogen and oxygen atoms in total. The Morgan fingerprint density at radius 1 is 1.23 bits per heavy atom. The number of furan rings is 1. The lowest BCUT2D eigenvalue weighted by atomic mass is 10.1. The van der Waals surface area contributed by atoms with Gasteiger partial charge in [-0.2, -0.15) is 5.26 Å². The average Bonchev–Trinajstić information content (AvgIpc) is 3.14. The van der Waals surface area contributed by atoms with Gasteiger partial charge < -0.3 is 4.42 Å². The maximum Gasteiger partial charge on any atom is 0.282 e. The van der Waals surface area contributed by atoms with Gasteiger partial charge in [0.25, 0.3) is 17.5 Å². The van der Waals surface area contributed by atoms with Crippen LogP contribution in [0.3, 0.4) is 0 Å². The molecule has 3 rings (SSSR count). The summed E-state index contributed by atoms with van der Waals surface area (Å²) in [6.45, 7) is 3.56. The van der Waals surface area contributed by atoms with E-state index in [1.807, 2.05) is 6.07 Å². The maximum absolute atomic E-state index is 12.5. The lowest BCUT2D eigenvalue weighted by molar-refractivity contribution is -0.385. The van der Waals surface area contributed by atoms with Crippen molar-refractivity contribution in [3.63, 3.8) is 0 Å². The normalized spacial score (nSPS) is 12.6. The van der Waals surface area contributed by atoms with E-state index in [4.69, 9.17) is 4.42 Å². The summed E-state index contributed by atoms with van der Waals surface area (Å²) in [6.07, 6.45) is 1.69. The first kappa shape index (κ1) is 21.7. The van der Waals surface area contributed by atoms with Gasteiger partial charge in [0.15, 0.2) is 0 Å². The predicted octanol–water partition coefficient (Wildman–Crippen LogP) is 3.47. The number of unbranched alkanes of at least 4 members (excludes halogenated alkanes) is 2. The number of aryl methyl sites for hydroxylation is 1. The van der Waals surface area contributed by atoms with Crippen LogP contribution < -0.4 is 5.32 Å². The molecule has 0 unspecified atom stereocenters. The molecule has 3 amide bonds. The molecule has 0 atom stereocenters. The lowest BCUT2D eigenvalue weighted by Crippen LogP contribution is -2.30. The topological polar surface area (TPSA) is 147 Å². The molecule has 2 aromatic rings. The zero-order chi connectivity index (χ0) is 22.7. The fourth-order valence-electron chi connectivity index (χ4n) is 3.44. The zero-order valence-electron chi connectivity index (χ0n) is 17.1. The van der Waals surface area contributed by atoms with Crippen molar-refractivity contribution in [2.45, 2.75) is 39.5 Å². The van der Waals surface area contributed by atoms with Gasteiger partial charge in [-0.15, -0.1) is 0 Å². The molecule has 1 N–H and O–H groups in total. The van der Waals surface area contributed by atoms with Gasteiger partial charge in [-0.25, -0.2) is 0 Å². The smallest absolute Gasteiger partial charge is 0.282 e. The molecule has 1 aromatic carbocycles. The van der Waals surface area contributed by atoms with Gasteiger partial charge in [0, 0.05) is 24.6 Å². The Morgan fingerprint density at radius 2 is 1.97 bits per heavy atom. The number of amides is 3. The molecule has 1 aromatic heterocycles. The summed E-state index contributed by atoms with van der Waals surface area (Å²) in [6, 6.07) is 5.99. The minimum absolute atomic E-state index is 0.0379. The Hall–Kier alpha value is -4.00. The van der Waals surface area contributed by atoms with Gasteiger partial charge >= 0.3 is 0 Å². The Labute approximate surface area is 177 Å². The number of nitro groups is 1. The van der Waals surface area contributed by atoms with Crippen molar-refractivity contribution in [3.05, 3.63) is 56.3 Å². The molecule has 0 aliphatic carbocycles. The summed E-state index contributed by atoms with van der Waals surface area (Å²) >= 11 is 0. The average molecular weight is 424 g/mol. The van der Waals surface area contributed by atoms with E-state index in [1.165, 1.54) is 18.2 Å². The van der Waals surface area contributed by atoms with E-state index in [0.717, 1.165) is 4.90 Å². The van der Waals surface area contributed by atoms with Crippen molar-refractivity contribution in [1.82, 2.24) is 4.90 Å². The Kier molecular flexibility index (Phi) is 6.15. The van der Waals surface area contributed by atoms with Crippen molar-refractivity contribution in [2.75, 3.05) is 11.9 Å². The molecule has 160 valence electrons. The fraction of sp³-hybridized carbons (Fsp3) is 0.333. The van der Waals surface area contributed by atoms with Crippen LogP contribution in [0.1, 0.15) is 63.3 Å². The number of carbonyl (C=O) groups excluding carboxylic acids is 3. The molecule has 0 radical (unpaired) electrons. The highest BCUT2D eigenvalue weighted by atomic mass is 16.6. The van der Waals surface area contributed by atoms with Crippen molar-refractivity contribution in [3.8, 4) is 6.07 Å². The number of carbonyl (C=O) groups is 3. The number of nitrogens with one attached hydrogen (secondary N) is 1. The number of nitro benzene ring substituents is 1. The Morgan fingerprint density at radius 3 is 2.65 bits per heavy atom. The van der Waals surface area contributed by atoms with E-state index in [0.29, 0.717) is 36.1 Å². The number of imide groups is 1. The molecule has 10 heteroatoms. The second-order valence-corrected chi connectivity index (χ2v) is 7.18. The molecular formula is C21H20N4O6. The van der Waals surface area contributed by atoms with Crippen LogP contribution in [0.15, 0.2) is 22.6 Å². The van der Waals surface area contributed by atoms with E-state index < -0.39 is 16.7 Å². The molecular weight excluding hydrogens is 404 g/mol. The highest BCUT2D eigenvalue weighted by Gasteiger charge is 2.40. The van der Waals surface area contributed by atoms with Gasteiger partial charge in [-0.1, -0.05) is 12.5 Å². The van der Waals surface area contributed by atoms with E-state index in [1.54, 1.807) is 13.8 Å². The highest BCUT2D eigenvalue weighted by Crippen LogP contribution is 2.31. The number of benzene rings is 1. The number of anilines is 1. The summed E-state index contributed by atoms with van der Waals surface area (Å²) < 4.78 is 5.40. The molecule has 1 aliphatic heterocycles. The molecule has 0 spiro atoms. The van der Waals surface area contributed by atoms with Crippen molar-refractivity contribution in [1.29, 1.82) is 5.26 Å². The van der Waals surface area contributed by atoms with E-state index >= 15 is 0 Å². The first-order chi connectivity index (χ1) is 14.8. The molecule has 0 bridgehead atoms. The number of nitriles is 1. The van der Waals surface area contributed by atoms with Gasteiger partial charge in [-0.3, -0.25) is 34.7 Å². The monoisotopic (exact) mass is 424 g/mol. The van der Waals surface area contributed by atoms with E-state index in [9.17, 15) is 29.8 Å². The van der Waals surface area contributed by atoms with Crippen LogP contribution in [-0.4, -0.2) is 34.1 Å². The van der Waals surface area contributed by atoms with E-state index in [2.05, 4.69) is 5.32 Å². The largest absolute Gasteiger partial charge is 0.444 e. The van der Waals surface area contributed by atoms with Crippen molar-refractivity contribution in [2.24, 2.45) is 0 Å². The van der Waals surface area contributed by atoms with Crippen LogP contribution in [0.4, 0.5) is 11.6 Å². The number of hydrogen-bond donors (Lipinski definition) is 1. The molecule has 31 heavy (non-hydrogen) atoms. The standard InChI is InChI=1S/C21H20N4O6/c1-12-13(2)31-19(15(12)11-22)23-17(26)9-4-3-5-10-24-20(27)14-7-6-8-16(25(29)30)18(14)21(24)28/h6-8H,3-5,9-10H2,1-2H3,(H,23,26). The van der Waals surface area contributed by atoms with Crippen molar-refractivity contribution >= 4 is 29.3 Å². The van der Waals surface area contributed by atoms with Crippen LogP contribution in [0.5, 0.6) is 0 Å². The second kappa shape index (κ2) is 8.79. The third kappa shape index (κ3) is 4.16. The third-order valence-electron chi connectivity index (χ3n) is 5.21. The van der Waals surface area contributed by atoms with E-state index in [-0.39, 0.29) is 41.6 Å². The number of rotatable bonds is 8. The maximum atomic E-state index is 12.5. The number of hydrogen-bond acceptors (Lipinski definition) is 7. The summed E-state index contributed by atoms with van der Waals surface area (Å²) in [4.78, 5) is 48.5. The molecule has 0 saturated carbocycles.